The molecule has 2 aromatic carbocycles. The number of benzene rings is 2. The Morgan fingerprint density at radius 2 is 1.55 bits per heavy atom. The highest BCUT2D eigenvalue weighted by molar-refractivity contribution is 6.39. The molecule has 106 valence electrons. The normalized spacial score (nSPS) is 12.3. The van der Waals surface area contributed by atoms with E-state index in [-0.39, 0.29) is 16.1 Å². The van der Waals surface area contributed by atoms with Crippen LogP contribution in [0.3, 0.4) is 0 Å². The summed E-state index contributed by atoms with van der Waals surface area (Å²) < 4.78 is 13.2. The second-order valence-electron chi connectivity index (χ2n) is 4.28. The Morgan fingerprint density at radius 3 is 2.15 bits per heavy atom. The van der Waals surface area contributed by atoms with Gasteiger partial charge in [-0.3, -0.25) is 0 Å². The van der Waals surface area contributed by atoms with E-state index < -0.39 is 5.82 Å². The standard InChI is InChI=1S/C14H10Cl4FN/c1-7(10-4-8(15)2-3-11(10)16)20-14-12(17)5-9(19)6-13(14)18/h2-7,20H,1H3. The van der Waals surface area contributed by atoms with Crippen molar-refractivity contribution >= 4 is 52.1 Å². The van der Waals surface area contributed by atoms with Crippen molar-refractivity contribution in [2.75, 3.05) is 5.32 Å². The summed E-state index contributed by atoms with van der Waals surface area (Å²) in [5.74, 6) is -0.487. The predicted octanol–water partition coefficient (Wildman–Crippen LogP) is 6.61. The van der Waals surface area contributed by atoms with Gasteiger partial charge in [0.15, 0.2) is 0 Å². The van der Waals surface area contributed by atoms with E-state index in [4.69, 9.17) is 46.4 Å². The molecule has 0 heterocycles. The maximum atomic E-state index is 13.2. The molecule has 0 spiro atoms. The van der Waals surface area contributed by atoms with Crippen molar-refractivity contribution in [2.24, 2.45) is 0 Å². The summed E-state index contributed by atoms with van der Waals surface area (Å²) in [4.78, 5) is 0. The minimum absolute atomic E-state index is 0.193. The third-order valence-corrected chi connectivity index (χ3v) is 3.97. The van der Waals surface area contributed by atoms with Crippen molar-refractivity contribution in [3.63, 3.8) is 0 Å². The number of halogens is 5. The Bertz CT molecular complexity index is 622. The van der Waals surface area contributed by atoms with Gasteiger partial charge in [0.2, 0.25) is 0 Å². The zero-order valence-corrected chi connectivity index (χ0v) is 13.4. The highest BCUT2D eigenvalue weighted by Gasteiger charge is 2.15. The van der Waals surface area contributed by atoms with Crippen molar-refractivity contribution in [3.8, 4) is 0 Å². The quantitative estimate of drug-likeness (QED) is 0.655. The van der Waals surface area contributed by atoms with Gasteiger partial charge in [-0.2, -0.15) is 0 Å². The van der Waals surface area contributed by atoms with Crippen molar-refractivity contribution < 1.29 is 4.39 Å². The average Bonchev–Trinajstić information content (AvgIpc) is 2.36. The molecule has 0 aliphatic heterocycles. The van der Waals surface area contributed by atoms with Gasteiger partial charge in [-0.1, -0.05) is 46.4 Å². The summed E-state index contributed by atoms with van der Waals surface area (Å²) in [6.07, 6.45) is 0. The maximum absolute atomic E-state index is 13.2. The van der Waals surface area contributed by atoms with Gasteiger partial charge in [-0.05, 0) is 42.8 Å². The molecule has 1 nitrogen and oxygen atoms in total. The van der Waals surface area contributed by atoms with Crippen molar-refractivity contribution in [2.45, 2.75) is 13.0 Å². The lowest BCUT2D eigenvalue weighted by Crippen LogP contribution is -2.08. The Kier molecular flexibility index (Phi) is 5.03. The number of rotatable bonds is 3. The van der Waals surface area contributed by atoms with Gasteiger partial charge in [0.1, 0.15) is 5.82 Å². The summed E-state index contributed by atoms with van der Waals surface area (Å²) in [5.41, 5.74) is 1.26. The number of anilines is 1. The van der Waals surface area contributed by atoms with Gasteiger partial charge >= 0.3 is 0 Å². The van der Waals surface area contributed by atoms with E-state index in [1.165, 1.54) is 12.1 Å². The van der Waals surface area contributed by atoms with E-state index in [2.05, 4.69) is 5.32 Å². The summed E-state index contributed by atoms with van der Waals surface area (Å²) in [7, 11) is 0. The second-order valence-corrected chi connectivity index (χ2v) is 5.93. The summed E-state index contributed by atoms with van der Waals surface area (Å²) in [5, 5.41) is 4.68. The molecule has 0 saturated carbocycles. The molecule has 0 radical (unpaired) electrons. The summed E-state index contributed by atoms with van der Waals surface area (Å²) >= 11 is 24.1. The fraction of sp³-hybridized carbons (Fsp3) is 0.143. The fourth-order valence-corrected chi connectivity index (χ4v) is 2.85. The van der Waals surface area contributed by atoms with Crippen LogP contribution in [0.4, 0.5) is 10.1 Å². The Labute approximate surface area is 136 Å². The lowest BCUT2D eigenvalue weighted by Gasteiger charge is -2.19. The third-order valence-electron chi connectivity index (χ3n) is 2.79. The van der Waals surface area contributed by atoms with Crippen LogP contribution in [-0.4, -0.2) is 0 Å². The molecule has 1 N–H and O–H groups in total. The highest BCUT2D eigenvalue weighted by Crippen LogP contribution is 2.35. The van der Waals surface area contributed by atoms with Crippen LogP contribution in [0.5, 0.6) is 0 Å². The first-order valence-electron chi connectivity index (χ1n) is 5.74. The van der Waals surface area contributed by atoms with Crippen LogP contribution >= 0.6 is 46.4 Å². The largest absolute Gasteiger partial charge is 0.376 e. The van der Waals surface area contributed by atoms with Crippen molar-refractivity contribution in [1.82, 2.24) is 0 Å². The van der Waals surface area contributed by atoms with Gasteiger partial charge in [-0.25, -0.2) is 4.39 Å². The first-order chi connectivity index (χ1) is 9.38. The minimum Gasteiger partial charge on any atom is -0.376 e. The van der Waals surface area contributed by atoms with E-state index in [1.54, 1.807) is 18.2 Å². The van der Waals surface area contributed by atoms with Crippen LogP contribution in [0.1, 0.15) is 18.5 Å². The zero-order chi connectivity index (χ0) is 14.9. The van der Waals surface area contributed by atoms with E-state index in [1.807, 2.05) is 6.92 Å². The van der Waals surface area contributed by atoms with Crippen LogP contribution in [0.15, 0.2) is 30.3 Å². The maximum Gasteiger partial charge on any atom is 0.126 e. The second kappa shape index (κ2) is 6.40. The molecule has 20 heavy (non-hydrogen) atoms. The van der Waals surface area contributed by atoms with Crippen molar-refractivity contribution in [3.05, 3.63) is 61.8 Å². The van der Waals surface area contributed by atoms with Crippen molar-refractivity contribution in [1.29, 1.82) is 0 Å². The topological polar surface area (TPSA) is 12.0 Å². The van der Waals surface area contributed by atoms with Crippen LogP contribution < -0.4 is 5.32 Å². The smallest absolute Gasteiger partial charge is 0.126 e. The summed E-state index contributed by atoms with van der Waals surface area (Å²) in [6, 6.07) is 7.38. The van der Waals surface area contributed by atoms with Gasteiger partial charge < -0.3 is 5.32 Å². The lowest BCUT2D eigenvalue weighted by atomic mass is 10.1. The first-order valence-corrected chi connectivity index (χ1v) is 7.25. The molecule has 0 saturated heterocycles. The van der Waals surface area contributed by atoms with Crippen LogP contribution in [-0.2, 0) is 0 Å². The van der Waals surface area contributed by atoms with E-state index in [0.29, 0.717) is 15.7 Å². The van der Waals surface area contributed by atoms with E-state index in [0.717, 1.165) is 5.56 Å². The molecule has 0 aliphatic rings. The lowest BCUT2D eigenvalue weighted by molar-refractivity contribution is 0.628. The minimum atomic E-state index is -0.487. The number of nitrogens with one attached hydrogen (secondary N) is 1. The molecular weight excluding hydrogens is 343 g/mol. The van der Waals surface area contributed by atoms with E-state index in [9.17, 15) is 4.39 Å². The fourth-order valence-electron chi connectivity index (χ4n) is 1.82. The van der Waals surface area contributed by atoms with Gasteiger partial charge in [0.05, 0.1) is 21.8 Å². The first kappa shape index (κ1) is 15.7. The molecule has 0 aromatic heterocycles. The van der Waals surface area contributed by atoms with Crippen LogP contribution in [0.2, 0.25) is 20.1 Å². The molecule has 0 fully saturated rings. The molecule has 2 rings (SSSR count). The van der Waals surface area contributed by atoms with Gasteiger partial charge in [0.25, 0.3) is 0 Å². The zero-order valence-electron chi connectivity index (χ0n) is 10.4. The predicted molar refractivity (Wildman–Crippen MR) is 84.9 cm³/mol. The third kappa shape index (κ3) is 3.50. The SMILES string of the molecule is CC(Nc1c(Cl)cc(F)cc1Cl)c1cc(Cl)ccc1Cl. The molecule has 1 unspecified atom stereocenters. The van der Waals surface area contributed by atoms with E-state index >= 15 is 0 Å². The average molecular weight is 353 g/mol. The molecule has 0 bridgehead atoms. The number of hydrogen-bond donors (Lipinski definition) is 1. The monoisotopic (exact) mass is 351 g/mol. The Morgan fingerprint density at radius 1 is 0.950 bits per heavy atom. The van der Waals surface area contributed by atoms with Crippen LogP contribution in [0, 0.1) is 5.82 Å². The number of hydrogen-bond acceptors (Lipinski definition) is 1. The molecule has 0 amide bonds. The van der Waals surface area contributed by atoms with Gasteiger partial charge in [-0.15, -0.1) is 0 Å². The highest BCUT2D eigenvalue weighted by atomic mass is 35.5. The Hall–Kier alpha value is -0.670. The summed E-state index contributed by atoms with van der Waals surface area (Å²) in [6.45, 7) is 1.88. The van der Waals surface area contributed by atoms with Gasteiger partial charge in [0, 0.05) is 10.0 Å². The molecule has 1 atom stereocenters. The molecule has 0 aliphatic carbocycles. The molecule has 6 heteroatoms. The Balaban J connectivity index is 2.32. The molecular formula is C14H10Cl4FN. The van der Waals surface area contributed by atoms with Crippen LogP contribution in [0.25, 0.3) is 0 Å². The molecule has 2 aromatic rings.